The lowest BCUT2D eigenvalue weighted by molar-refractivity contribution is -0.884. The lowest BCUT2D eigenvalue weighted by atomic mass is 10.2. The average Bonchev–Trinajstić information content (AvgIpc) is 2.43. The molecule has 0 radical (unpaired) electrons. The molecule has 0 fully saturated rings. The Balaban J connectivity index is 2.06. The van der Waals surface area contributed by atoms with Crippen molar-refractivity contribution < 1.29 is 19.1 Å². The smallest absolute Gasteiger partial charge is 0.268 e. The minimum absolute atomic E-state index is 0.307. The number of nitrogens with zero attached hydrogens (tertiary/aromatic N) is 1. The number of halogens is 1. The zero-order valence-electron chi connectivity index (χ0n) is 9.95. The third-order valence-corrected chi connectivity index (χ3v) is 2.82. The summed E-state index contributed by atoms with van der Waals surface area (Å²) in [6.07, 6.45) is 1.55. The average molecular weight is 256 g/mol. The van der Waals surface area contributed by atoms with E-state index in [0.717, 1.165) is 10.1 Å². The first-order valence-corrected chi connectivity index (χ1v) is 5.80. The molecule has 0 aliphatic rings. The summed E-state index contributed by atoms with van der Waals surface area (Å²) in [7, 11) is 0. The highest BCUT2D eigenvalue weighted by Crippen LogP contribution is 2.28. The third-order valence-electron chi connectivity index (χ3n) is 2.82. The molecule has 1 heterocycles. The van der Waals surface area contributed by atoms with Gasteiger partial charge in [-0.25, -0.2) is 4.39 Å². The molecule has 94 valence electrons. The summed E-state index contributed by atoms with van der Waals surface area (Å²) in [5.41, 5.74) is 0.641. The van der Waals surface area contributed by atoms with Crippen molar-refractivity contribution in [2.24, 2.45) is 0 Å². The molecule has 4 heteroatoms. The summed E-state index contributed by atoms with van der Waals surface area (Å²) in [5.74, 6) is 0.841. The van der Waals surface area contributed by atoms with E-state index in [2.05, 4.69) is 0 Å². The van der Waals surface area contributed by atoms with Gasteiger partial charge in [-0.1, -0.05) is 6.07 Å². The molecule has 1 N–H and O–H groups in total. The molecule has 0 saturated carbocycles. The highest BCUT2D eigenvalue weighted by Gasteiger charge is 2.11. The number of hydrogen-bond acceptors (Lipinski definition) is 2. The van der Waals surface area contributed by atoms with Crippen LogP contribution in [0.3, 0.4) is 0 Å². The quantitative estimate of drug-likeness (QED) is 0.563. The molecule has 0 amide bonds. The van der Waals surface area contributed by atoms with E-state index in [9.17, 15) is 9.60 Å². The van der Waals surface area contributed by atoms with Crippen molar-refractivity contribution in [2.45, 2.75) is 0 Å². The molecule has 0 saturated heterocycles. The molecule has 0 spiro atoms. The van der Waals surface area contributed by atoms with Gasteiger partial charge in [-0.05, 0) is 36.4 Å². The van der Waals surface area contributed by atoms with Crippen molar-refractivity contribution in [3.8, 4) is 11.5 Å². The number of fused-ring (bicyclic) bond motifs is 1. The summed E-state index contributed by atoms with van der Waals surface area (Å²) < 4.78 is 19.6. The fraction of sp³-hybridized carbons (Fsp3) is 0. The zero-order chi connectivity index (χ0) is 13.2. The van der Waals surface area contributed by atoms with E-state index in [1.54, 1.807) is 42.6 Å². The van der Waals surface area contributed by atoms with Crippen LogP contribution in [0.15, 0.2) is 60.8 Å². The van der Waals surface area contributed by atoms with Crippen LogP contribution in [0.4, 0.5) is 4.39 Å². The molecule has 0 atom stereocenters. The lowest BCUT2D eigenvalue weighted by Crippen LogP contribution is -2.29. The van der Waals surface area contributed by atoms with E-state index in [1.807, 2.05) is 6.07 Å². The molecule has 0 aliphatic carbocycles. The molecule has 2 aromatic carbocycles. The van der Waals surface area contributed by atoms with Crippen molar-refractivity contribution >= 4 is 10.9 Å². The van der Waals surface area contributed by atoms with Gasteiger partial charge >= 0.3 is 0 Å². The second-order valence-corrected chi connectivity index (χ2v) is 4.10. The minimum atomic E-state index is -0.307. The minimum Gasteiger partial charge on any atom is -0.456 e. The summed E-state index contributed by atoms with van der Waals surface area (Å²) in [4.78, 5) is 0. The van der Waals surface area contributed by atoms with Gasteiger partial charge in [-0.2, -0.15) is 0 Å². The number of aromatic nitrogens is 1. The molecule has 1 aromatic heterocycles. The van der Waals surface area contributed by atoms with Gasteiger partial charge < -0.3 is 4.74 Å². The van der Waals surface area contributed by atoms with Crippen LogP contribution in [0.2, 0.25) is 0 Å². The maximum Gasteiger partial charge on any atom is 0.268 e. The first-order valence-electron chi connectivity index (χ1n) is 5.80. The Morgan fingerprint density at radius 3 is 2.53 bits per heavy atom. The van der Waals surface area contributed by atoms with Gasteiger partial charge in [0.15, 0.2) is 0 Å². The standard InChI is InChI=1S/C15H11FNO2/c16-11-6-8-12(9-7-11)19-15-5-1-4-14-13(15)3-2-10-17(14)18/h1-10,18H/q+1. The van der Waals surface area contributed by atoms with Crippen LogP contribution >= 0.6 is 0 Å². The Labute approximate surface area is 109 Å². The van der Waals surface area contributed by atoms with E-state index < -0.39 is 0 Å². The van der Waals surface area contributed by atoms with Gasteiger partial charge in [0.2, 0.25) is 6.20 Å². The van der Waals surface area contributed by atoms with Gasteiger partial charge in [0.1, 0.15) is 17.3 Å². The summed E-state index contributed by atoms with van der Waals surface area (Å²) in [5, 5.41) is 10.5. The SMILES string of the molecule is O[n+]1cccc2c(Oc3ccc(F)cc3)cccc21. The third kappa shape index (κ3) is 2.20. The van der Waals surface area contributed by atoms with Crippen molar-refractivity contribution in [1.82, 2.24) is 0 Å². The topological polar surface area (TPSA) is 33.3 Å². The van der Waals surface area contributed by atoms with E-state index >= 15 is 0 Å². The van der Waals surface area contributed by atoms with Crippen LogP contribution in [-0.2, 0) is 0 Å². The summed E-state index contributed by atoms with van der Waals surface area (Å²) in [6, 6.07) is 14.7. The summed E-state index contributed by atoms with van der Waals surface area (Å²) in [6.45, 7) is 0. The van der Waals surface area contributed by atoms with Crippen LogP contribution in [0, 0.1) is 5.82 Å². The lowest BCUT2D eigenvalue weighted by Gasteiger charge is -2.06. The Morgan fingerprint density at radius 1 is 0.947 bits per heavy atom. The maximum atomic E-state index is 12.8. The molecule has 0 aliphatic heterocycles. The largest absolute Gasteiger partial charge is 0.456 e. The number of ether oxygens (including phenoxy) is 1. The molecule has 0 bridgehead atoms. The van der Waals surface area contributed by atoms with Gasteiger partial charge in [-0.15, -0.1) is 0 Å². The predicted octanol–water partition coefficient (Wildman–Crippen LogP) is 3.30. The Bertz CT molecular complexity index is 726. The normalized spacial score (nSPS) is 10.6. The second kappa shape index (κ2) is 4.57. The highest BCUT2D eigenvalue weighted by atomic mass is 19.1. The zero-order valence-corrected chi connectivity index (χ0v) is 9.95. The Kier molecular flexibility index (Phi) is 2.76. The van der Waals surface area contributed by atoms with E-state index in [-0.39, 0.29) is 5.82 Å². The van der Waals surface area contributed by atoms with Crippen LogP contribution in [0.1, 0.15) is 0 Å². The monoisotopic (exact) mass is 256 g/mol. The Hall–Kier alpha value is -2.62. The molecular formula is C15H11FNO2+. The second-order valence-electron chi connectivity index (χ2n) is 4.10. The van der Waals surface area contributed by atoms with Gasteiger partial charge in [0.05, 0.1) is 5.39 Å². The number of pyridine rings is 1. The molecule has 19 heavy (non-hydrogen) atoms. The number of hydrogen-bond donors (Lipinski definition) is 1. The first kappa shape index (κ1) is 11.5. The van der Waals surface area contributed by atoms with E-state index in [4.69, 9.17) is 4.74 Å². The predicted molar refractivity (Wildman–Crippen MR) is 67.8 cm³/mol. The Morgan fingerprint density at radius 2 is 1.74 bits per heavy atom. The molecule has 3 rings (SSSR count). The van der Waals surface area contributed by atoms with Crippen LogP contribution in [0.25, 0.3) is 10.9 Å². The number of benzene rings is 2. The van der Waals surface area contributed by atoms with E-state index in [0.29, 0.717) is 17.0 Å². The highest BCUT2D eigenvalue weighted by molar-refractivity contribution is 5.82. The fourth-order valence-corrected chi connectivity index (χ4v) is 1.92. The summed E-state index contributed by atoms with van der Waals surface area (Å²) >= 11 is 0. The molecule has 3 aromatic rings. The van der Waals surface area contributed by atoms with Crippen molar-refractivity contribution in [3.05, 3.63) is 66.6 Å². The molecular weight excluding hydrogens is 245 g/mol. The van der Waals surface area contributed by atoms with E-state index in [1.165, 1.54) is 12.1 Å². The van der Waals surface area contributed by atoms with Crippen molar-refractivity contribution in [2.75, 3.05) is 0 Å². The van der Waals surface area contributed by atoms with Gasteiger partial charge in [0.25, 0.3) is 5.52 Å². The number of rotatable bonds is 2. The van der Waals surface area contributed by atoms with Crippen molar-refractivity contribution in [3.63, 3.8) is 0 Å². The molecule has 0 unspecified atom stereocenters. The van der Waals surface area contributed by atoms with Crippen molar-refractivity contribution in [1.29, 1.82) is 0 Å². The fourth-order valence-electron chi connectivity index (χ4n) is 1.92. The first-order chi connectivity index (χ1) is 9.24. The molecule has 3 nitrogen and oxygen atoms in total. The van der Waals surface area contributed by atoms with Crippen LogP contribution in [0.5, 0.6) is 11.5 Å². The van der Waals surface area contributed by atoms with Crippen LogP contribution in [-0.4, -0.2) is 5.21 Å². The van der Waals surface area contributed by atoms with Crippen LogP contribution < -0.4 is 9.47 Å². The van der Waals surface area contributed by atoms with Gasteiger partial charge in [-0.3, -0.25) is 5.21 Å². The van der Waals surface area contributed by atoms with Gasteiger partial charge in [0, 0.05) is 16.9 Å². The maximum absolute atomic E-state index is 12.8.